The number of phenols is 1. The molecule has 0 unspecified atom stereocenters. The second kappa shape index (κ2) is 9.06. The third kappa shape index (κ3) is 4.51. The van der Waals surface area contributed by atoms with Gasteiger partial charge in [0.05, 0.1) is 11.4 Å². The number of hydrogen-bond acceptors (Lipinski definition) is 3. The van der Waals surface area contributed by atoms with E-state index in [1.54, 1.807) is 30.5 Å². The molecule has 4 aromatic rings. The van der Waals surface area contributed by atoms with Crippen molar-refractivity contribution >= 4 is 5.57 Å². The molecule has 3 heteroatoms. The van der Waals surface area contributed by atoms with Crippen LogP contribution in [0.1, 0.15) is 5.56 Å². The maximum atomic E-state index is 10.3. The van der Waals surface area contributed by atoms with Gasteiger partial charge in [0.25, 0.3) is 0 Å². The lowest BCUT2D eigenvalue weighted by Gasteiger charge is -2.09. The molecule has 31 heavy (non-hydrogen) atoms. The molecule has 0 aliphatic rings. The number of aromatic nitrogens is 2. The van der Waals surface area contributed by atoms with Gasteiger partial charge in [-0.1, -0.05) is 73.9 Å². The molecule has 0 atom stereocenters. The van der Waals surface area contributed by atoms with Crippen LogP contribution in [0.2, 0.25) is 0 Å². The number of benzene rings is 2. The average molecular weight is 402 g/mol. The maximum absolute atomic E-state index is 10.3. The lowest BCUT2D eigenvalue weighted by Crippen LogP contribution is -1.89. The third-order valence-electron chi connectivity index (χ3n) is 4.99. The zero-order valence-corrected chi connectivity index (χ0v) is 17.1. The predicted molar refractivity (Wildman–Crippen MR) is 128 cm³/mol. The lowest BCUT2D eigenvalue weighted by molar-refractivity contribution is 0.476. The van der Waals surface area contributed by atoms with Crippen molar-refractivity contribution in [1.82, 2.24) is 9.97 Å². The molecule has 2 heterocycles. The Hall–Kier alpha value is -4.24. The number of aromatic hydroxyl groups is 1. The smallest absolute Gasteiger partial charge is 0.116 e. The molecule has 0 radical (unpaired) electrons. The number of rotatable bonds is 6. The highest BCUT2D eigenvalue weighted by Crippen LogP contribution is 2.30. The van der Waals surface area contributed by atoms with E-state index in [0.717, 1.165) is 44.8 Å². The van der Waals surface area contributed by atoms with E-state index in [2.05, 4.69) is 35.3 Å². The van der Waals surface area contributed by atoms with Crippen molar-refractivity contribution in [1.29, 1.82) is 0 Å². The molecule has 4 rings (SSSR count). The molecule has 0 spiro atoms. The van der Waals surface area contributed by atoms with Crippen molar-refractivity contribution < 1.29 is 5.11 Å². The molecule has 150 valence electrons. The number of hydrogen-bond donors (Lipinski definition) is 1. The summed E-state index contributed by atoms with van der Waals surface area (Å²) < 4.78 is 0. The highest BCUT2D eigenvalue weighted by atomic mass is 16.3. The zero-order valence-electron chi connectivity index (χ0n) is 17.1. The van der Waals surface area contributed by atoms with Gasteiger partial charge in [0.15, 0.2) is 0 Å². The molecule has 2 aromatic heterocycles. The van der Waals surface area contributed by atoms with E-state index < -0.39 is 0 Å². The van der Waals surface area contributed by atoms with Crippen LogP contribution in [-0.2, 0) is 0 Å². The highest BCUT2D eigenvalue weighted by molar-refractivity contribution is 5.77. The monoisotopic (exact) mass is 402 g/mol. The van der Waals surface area contributed by atoms with E-state index in [4.69, 9.17) is 0 Å². The molecule has 0 bridgehead atoms. The summed E-state index contributed by atoms with van der Waals surface area (Å²) in [5.41, 5.74) is 7.28. The van der Waals surface area contributed by atoms with Crippen molar-refractivity contribution in [3.8, 4) is 39.4 Å². The van der Waals surface area contributed by atoms with Gasteiger partial charge in [0.1, 0.15) is 5.75 Å². The van der Waals surface area contributed by atoms with Gasteiger partial charge in [-0.15, -0.1) is 0 Å². The van der Waals surface area contributed by atoms with E-state index in [1.165, 1.54) is 0 Å². The second-order valence-corrected chi connectivity index (χ2v) is 7.06. The Kier molecular flexibility index (Phi) is 5.86. The maximum Gasteiger partial charge on any atom is 0.116 e. The first kappa shape index (κ1) is 20.0. The van der Waals surface area contributed by atoms with Crippen LogP contribution < -0.4 is 0 Å². The molecule has 0 saturated heterocycles. The summed E-state index contributed by atoms with van der Waals surface area (Å²) in [6.07, 6.45) is 9.03. The summed E-state index contributed by atoms with van der Waals surface area (Å²) in [4.78, 5) is 9.19. The summed E-state index contributed by atoms with van der Waals surface area (Å²) >= 11 is 0. The van der Waals surface area contributed by atoms with Crippen LogP contribution in [0, 0.1) is 0 Å². The summed E-state index contributed by atoms with van der Waals surface area (Å²) in [6.45, 7) is 7.57. The summed E-state index contributed by atoms with van der Waals surface area (Å²) in [5.74, 6) is 0.172. The molecule has 2 aromatic carbocycles. The van der Waals surface area contributed by atoms with Crippen LogP contribution in [0.25, 0.3) is 39.2 Å². The van der Waals surface area contributed by atoms with Crippen LogP contribution >= 0.6 is 0 Å². The van der Waals surface area contributed by atoms with Gasteiger partial charge in [-0.05, 0) is 41.5 Å². The number of phenolic OH excluding ortho intramolecular Hbond substituents is 1. The minimum Gasteiger partial charge on any atom is -0.508 e. The fourth-order valence-electron chi connectivity index (χ4n) is 3.42. The molecule has 0 aliphatic heterocycles. The first-order valence-electron chi connectivity index (χ1n) is 9.96. The Labute approximate surface area is 182 Å². The predicted octanol–water partition coefficient (Wildman–Crippen LogP) is 6.94. The average Bonchev–Trinajstić information content (AvgIpc) is 2.83. The Morgan fingerprint density at radius 3 is 1.94 bits per heavy atom. The second-order valence-electron chi connectivity index (χ2n) is 7.06. The van der Waals surface area contributed by atoms with E-state index in [1.807, 2.05) is 60.8 Å². The minimum atomic E-state index is 0.172. The third-order valence-corrected chi connectivity index (χ3v) is 4.99. The molecular formula is C28H22N2O. The zero-order chi connectivity index (χ0) is 21.6. The quantitative estimate of drug-likeness (QED) is 0.355. The van der Waals surface area contributed by atoms with Crippen molar-refractivity contribution in [2.45, 2.75) is 0 Å². The van der Waals surface area contributed by atoms with Gasteiger partial charge < -0.3 is 5.11 Å². The highest BCUT2D eigenvalue weighted by Gasteiger charge is 2.08. The Morgan fingerprint density at radius 2 is 1.39 bits per heavy atom. The number of nitrogens with zero attached hydrogens (tertiary/aromatic N) is 2. The number of allylic oxidation sites excluding steroid dienone is 4. The molecule has 1 N–H and O–H groups in total. The fraction of sp³-hybridized carbons (Fsp3) is 0. The molecule has 0 amide bonds. The fourth-order valence-corrected chi connectivity index (χ4v) is 3.42. The largest absolute Gasteiger partial charge is 0.508 e. The topological polar surface area (TPSA) is 46.0 Å². The summed E-state index contributed by atoms with van der Waals surface area (Å²) in [7, 11) is 0. The van der Waals surface area contributed by atoms with Crippen LogP contribution in [0.3, 0.4) is 0 Å². The van der Waals surface area contributed by atoms with Crippen molar-refractivity contribution in [2.75, 3.05) is 0 Å². The van der Waals surface area contributed by atoms with Gasteiger partial charge in [0, 0.05) is 34.6 Å². The van der Waals surface area contributed by atoms with Crippen LogP contribution in [-0.4, -0.2) is 15.1 Å². The van der Waals surface area contributed by atoms with Gasteiger partial charge >= 0.3 is 0 Å². The SMILES string of the molecule is C=C/C=C(\C=C)c1ccc(-c2cc(O)cc(-c3ccc(-c4ccccc4)cn3)c2)nc1. The van der Waals surface area contributed by atoms with Crippen molar-refractivity contribution in [3.63, 3.8) is 0 Å². The minimum absolute atomic E-state index is 0.172. The first-order chi connectivity index (χ1) is 15.2. The van der Waals surface area contributed by atoms with Gasteiger partial charge in [-0.25, -0.2) is 0 Å². The first-order valence-corrected chi connectivity index (χ1v) is 9.96. The van der Waals surface area contributed by atoms with Crippen molar-refractivity contribution in [3.05, 3.63) is 122 Å². The van der Waals surface area contributed by atoms with E-state index in [-0.39, 0.29) is 5.75 Å². The number of pyridine rings is 2. The van der Waals surface area contributed by atoms with E-state index >= 15 is 0 Å². The van der Waals surface area contributed by atoms with E-state index in [9.17, 15) is 5.11 Å². The van der Waals surface area contributed by atoms with Crippen molar-refractivity contribution in [2.24, 2.45) is 0 Å². The van der Waals surface area contributed by atoms with Crippen LogP contribution in [0.4, 0.5) is 0 Å². The van der Waals surface area contributed by atoms with Gasteiger partial charge in [-0.3, -0.25) is 9.97 Å². The molecule has 0 fully saturated rings. The summed E-state index contributed by atoms with van der Waals surface area (Å²) in [5, 5.41) is 10.3. The van der Waals surface area contributed by atoms with E-state index in [0.29, 0.717) is 0 Å². The molecule has 3 nitrogen and oxygen atoms in total. The van der Waals surface area contributed by atoms with Gasteiger partial charge in [0.2, 0.25) is 0 Å². The normalized spacial score (nSPS) is 11.2. The molecular weight excluding hydrogens is 380 g/mol. The van der Waals surface area contributed by atoms with Crippen LogP contribution in [0.15, 0.2) is 117 Å². The Bertz CT molecular complexity index is 1240. The molecule has 0 aliphatic carbocycles. The standard InChI is InChI=1S/C28H22N2O/c1-3-8-20(4-2)22-11-13-27(29-18-22)24-15-25(17-26(31)16-24)28-14-12-23(19-30-28)21-9-6-5-7-10-21/h3-19,31H,1-2H2/b20-8+. The summed E-state index contributed by atoms with van der Waals surface area (Å²) in [6, 6.07) is 23.4. The lowest BCUT2D eigenvalue weighted by atomic mass is 10.0. The van der Waals surface area contributed by atoms with Crippen LogP contribution in [0.5, 0.6) is 5.75 Å². The Morgan fingerprint density at radius 1 is 0.710 bits per heavy atom. The molecule has 0 saturated carbocycles. The van der Waals surface area contributed by atoms with Gasteiger partial charge in [-0.2, -0.15) is 0 Å². The Balaban J connectivity index is 1.65.